The smallest absolute Gasteiger partial charge is 0.305 e. The second-order valence-corrected chi connectivity index (χ2v) is 12.5. The second-order valence-electron chi connectivity index (χ2n) is 12.5. The van der Waals surface area contributed by atoms with Crippen LogP contribution in [0.5, 0.6) is 11.8 Å². The number of hydrogen-bond donors (Lipinski definition) is 1. The number of methoxy groups -OCH3 is 2. The summed E-state index contributed by atoms with van der Waals surface area (Å²) in [6, 6.07) is 5.81. The van der Waals surface area contributed by atoms with Crippen molar-refractivity contribution in [3.8, 4) is 11.8 Å². The van der Waals surface area contributed by atoms with E-state index in [2.05, 4.69) is 59.6 Å². The van der Waals surface area contributed by atoms with Crippen LogP contribution in [0.25, 0.3) is 5.57 Å². The first-order valence-corrected chi connectivity index (χ1v) is 14.7. The van der Waals surface area contributed by atoms with Gasteiger partial charge in [-0.1, -0.05) is 33.8 Å². The van der Waals surface area contributed by atoms with Crippen molar-refractivity contribution >= 4 is 22.9 Å². The monoisotopic (exact) mass is 564 g/mol. The molecule has 222 valence electrons. The van der Waals surface area contributed by atoms with E-state index < -0.39 is 5.97 Å². The Morgan fingerprint density at radius 2 is 1.88 bits per heavy atom. The fourth-order valence-corrected chi connectivity index (χ4v) is 6.84. The predicted molar refractivity (Wildman–Crippen MR) is 160 cm³/mol. The molecular formula is C32H44N4O5. The standard InChI is InChI=1S/C32H44N4O5/c1-20-18-35(26-14-30(40-6)34-17-23(26)24-8-7-12-32(24,3)4)13-11-27(20)41-29-10-9-22(16-33-29)36-19-28(39-5)21(2)25(36)15-31(37)38/h8-10,14,16-17,20-21,25,27-28H,7,11-13,15,18-19H2,1-6H3,(H,37,38)/t20?,21-,25-,27?,28-/m0/s1. The van der Waals surface area contributed by atoms with Crippen LogP contribution in [0.4, 0.5) is 11.4 Å². The van der Waals surface area contributed by atoms with E-state index in [-0.39, 0.29) is 41.9 Å². The average molecular weight is 565 g/mol. The number of allylic oxidation sites excluding steroid dienone is 2. The van der Waals surface area contributed by atoms with Gasteiger partial charge in [0.2, 0.25) is 11.8 Å². The van der Waals surface area contributed by atoms with E-state index in [9.17, 15) is 9.90 Å². The van der Waals surface area contributed by atoms with Crippen LogP contribution in [0.3, 0.4) is 0 Å². The lowest BCUT2D eigenvalue weighted by atomic mass is 9.81. The fourth-order valence-electron chi connectivity index (χ4n) is 6.84. The molecule has 0 amide bonds. The number of carboxylic acids is 1. The minimum atomic E-state index is -0.808. The first-order chi connectivity index (χ1) is 19.6. The topological polar surface area (TPSA) is 97.2 Å². The van der Waals surface area contributed by atoms with Crippen molar-refractivity contribution in [1.29, 1.82) is 0 Å². The highest BCUT2D eigenvalue weighted by atomic mass is 16.5. The minimum Gasteiger partial charge on any atom is -0.481 e. The number of ether oxygens (including phenoxy) is 3. The normalized spacial score (nSPS) is 27.6. The average Bonchev–Trinajstić information content (AvgIpc) is 3.47. The number of hydrogen-bond acceptors (Lipinski definition) is 8. The molecule has 1 N–H and O–H groups in total. The summed E-state index contributed by atoms with van der Waals surface area (Å²) < 4.78 is 17.5. The van der Waals surface area contributed by atoms with Gasteiger partial charge in [0.25, 0.3) is 0 Å². The molecule has 9 nitrogen and oxygen atoms in total. The highest BCUT2D eigenvalue weighted by Crippen LogP contribution is 2.47. The predicted octanol–water partition coefficient (Wildman–Crippen LogP) is 5.30. The quantitative estimate of drug-likeness (QED) is 0.435. The maximum atomic E-state index is 11.5. The summed E-state index contributed by atoms with van der Waals surface area (Å²) in [7, 11) is 3.35. The number of pyridine rings is 2. The number of rotatable bonds is 9. The van der Waals surface area contributed by atoms with Crippen molar-refractivity contribution in [1.82, 2.24) is 9.97 Å². The Balaban J connectivity index is 1.27. The molecule has 3 aliphatic rings. The highest BCUT2D eigenvalue weighted by Gasteiger charge is 2.40. The third kappa shape index (κ3) is 6.01. The summed E-state index contributed by atoms with van der Waals surface area (Å²) in [6.07, 6.45) is 9.34. The SMILES string of the molecule is COc1cc(N2CCC(Oc3ccc(N4C[C@H](OC)[C@@H](C)[C@@H]4CC(=O)O)cn3)C(C)C2)c(C2=CCCC2(C)C)cn1. The molecule has 0 spiro atoms. The van der Waals surface area contributed by atoms with E-state index in [1.165, 1.54) is 16.8 Å². The van der Waals surface area contributed by atoms with Gasteiger partial charge in [-0.2, -0.15) is 0 Å². The van der Waals surface area contributed by atoms with Gasteiger partial charge in [0.15, 0.2) is 0 Å². The highest BCUT2D eigenvalue weighted by molar-refractivity contribution is 5.81. The zero-order valence-corrected chi connectivity index (χ0v) is 25.2. The number of nitrogens with zero attached hydrogens (tertiary/aromatic N) is 4. The lowest BCUT2D eigenvalue weighted by molar-refractivity contribution is -0.137. The molecule has 1 aliphatic carbocycles. The van der Waals surface area contributed by atoms with Gasteiger partial charge < -0.3 is 29.1 Å². The van der Waals surface area contributed by atoms with Crippen molar-refractivity contribution in [2.24, 2.45) is 17.3 Å². The number of carboxylic acid groups (broad SMARTS) is 1. The summed E-state index contributed by atoms with van der Waals surface area (Å²) in [6.45, 7) is 11.3. The summed E-state index contributed by atoms with van der Waals surface area (Å²) in [4.78, 5) is 25.3. The third-order valence-corrected chi connectivity index (χ3v) is 9.35. The van der Waals surface area contributed by atoms with E-state index in [1.807, 2.05) is 18.3 Å². The van der Waals surface area contributed by atoms with Crippen LogP contribution >= 0.6 is 0 Å². The molecule has 2 saturated heterocycles. The molecular weight excluding hydrogens is 520 g/mol. The zero-order valence-electron chi connectivity index (χ0n) is 25.2. The van der Waals surface area contributed by atoms with E-state index in [0.29, 0.717) is 18.3 Å². The van der Waals surface area contributed by atoms with Crippen LogP contribution < -0.4 is 19.3 Å². The molecule has 4 heterocycles. The summed E-state index contributed by atoms with van der Waals surface area (Å²) in [5, 5.41) is 9.46. The first kappa shape index (κ1) is 29.2. The van der Waals surface area contributed by atoms with Crippen LogP contribution in [0.1, 0.15) is 58.9 Å². The number of aromatic nitrogens is 2. The van der Waals surface area contributed by atoms with Crippen molar-refractivity contribution in [2.45, 2.75) is 71.6 Å². The number of anilines is 2. The Labute approximate surface area is 243 Å². The van der Waals surface area contributed by atoms with Gasteiger partial charge in [0, 0.05) is 74.9 Å². The maximum absolute atomic E-state index is 11.5. The van der Waals surface area contributed by atoms with Gasteiger partial charge in [-0.25, -0.2) is 9.97 Å². The van der Waals surface area contributed by atoms with Crippen molar-refractivity contribution in [2.75, 3.05) is 43.7 Å². The van der Waals surface area contributed by atoms with Crippen LogP contribution in [0.15, 0.2) is 36.7 Å². The molecule has 0 saturated carbocycles. The maximum Gasteiger partial charge on any atom is 0.305 e. The largest absolute Gasteiger partial charge is 0.481 e. The molecule has 0 aromatic carbocycles. The lowest BCUT2D eigenvalue weighted by Gasteiger charge is -2.39. The van der Waals surface area contributed by atoms with Gasteiger partial charge in [0.1, 0.15) is 6.10 Å². The van der Waals surface area contributed by atoms with E-state index in [4.69, 9.17) is 14.2 Å². The molecule has 2 aromatic rings. The molecule has 41 heavy (non-hydrogen) atoms. The van der Waals surface area contributed by atoms with Gasteiger partial charge in [-0.3, -0.25) is 4.79 Å². The van der Waals surface area contributed by atoms with Crippen LogP contribution in [0, 0.1) is 17.3 Å². The van der Waals surface area contributed by atoms with Crippen molar-refractivity contribution in [3.05, 3.63) is 42.2 Å². The molecule has 5 atom stereocenters. The molecule has 2 unspecified atom stereocenters. The number of piperidine rings is 1. The summed E-state index contributed by atoms with van der Waals surface area (Å²) >= 11 is 0. The molecule has 0 radical (unpaired) electrons. The van der Waals surface area contributed by atoms with E-state index in [0.717, 1.165) is 38.0 Å². The van der Waals surface area contributed by atoms with Gasteiger partial charge >= 0.3 is 5.97 Å². The van der Waals surface area contributed by atoms with Crippen molar-refractivity contribution in [3.63, 3.8) is 0 Å². The molecule has 5 rings (SSSR count). The summed E-state index contributed by atoms with van der Waals surface area (Å²) in [5.41, 5.74) is 4.76. The molecule has 2 aliphatic heterocycles. The minimum absolute atomic E-state index is 0.0155. The number of aliphatic carboxylic acids is 1. The van der Waals surface area contributed by atoms with Crippen molar-refractivity contribution < 1.29 is 24.1 Å². The zero-order chi connectivity index (χ0) is 29.3. The Morgan fingerprint density at radius 3 is 2.49 bits per heavy atom. The molecule has 2 fully saturated rings. The Kier molecular flexibility index (Phi) is 8.45. The van der Waals surface area contributed by atoms with E-state index >= 15 is 0 Å². The van der Waals surface area contributed by atoms with Crippen LogP contribution in [-0.4, -0.2) is 73.1 Å². The van der Waals surface area contributed by atoms with Gasteiger partial charge in [-0.15, -0.1) is 0 Å². The Hall–Kier alpha value is -3.33. The Morgan fingerprint density at radius 1 is 1.10 bits per heavy atom. The van der Waals surface area contributed by atoms with Crippen LogP contribution in [-0.2, 0) is 9.53 Å². The van der Waals surface area contributed by atoms with Gasteiger partial charge in [-0.05, 0) is 29.9 Å². The van der Waals surface area contributed by atoms with Crippen LogP contribution in [0.2, 0.25) is 0 Å². The summed E-state index contributed by atoms with van der Waals surface area (Å²) in [5.74, 6) is 0.802. The molecule has 0 bridgehead atoms. The molecule has 2 aromatic heterocycles. The number of carbonyl (C=O) groups is 1. The third-order valence-electron chi connectivity index (χ3n) is 9.35. The first-order valence-electron chi connectivity index (χ1n) is 14.7. The molecule has 9 heteroatoms. The Bertz CT molecular complexity index is 1260. The fraction of sp³-hybridized carbons (Fsp3) is 0.594. The lowest BCUT2D eigenvalue weighted by Crippen LogP contribution is -2.45. The van der Waals surface area contributed by atoms with E-state index in [1.54, 1.807) is 20.4 Å². The second kappa shape index (κ2) is 11.9. The van der Waals surface area contributed by atoms with Gasteiger partial charge in [0.05, 0.1) is 37.2 Å².